The van der Waals surface area contributed by atoms with Gasteiger partial charge in [0.15, 0.2) is 0 Å². The van der Waals surface area contributed by atoms with E-state index in [1.165, 1.54) is 5.56 Å². The quantitative estimate of drug-likeness (QED) is 0.633. The second-order valence-corrected chi connectivity index (χ2v) is 9.11. The molecule has 2 aromatic rings. The molecule has 1 N–H and O–H groups in total. The number of ether oxygens (including phenoxy) is 2. The van der Waals surface area contributed by atoms with E-state index < -0.39 is 0 Å². The number of nitrogens with zero attached hydrogens (tertiary/aromatic N) is 2. The molecule has 0 aromatic heterocycles. The van der Waals surface area contributed by atoms with Gasteiger partial charge in [0, 0.05) is 43.7 Å². The number of imide groups is 1. The molecule has 5 rings (SSSR count). The lowest BCUT2D eigenvalue weighted by Crippen LogP contribution is -2.45. The predicted octanol–water partition coefficient (Wildman–Crippen LogP) is 2.11. The molecule has 3 amide bonds. The van der Waals surface area contributed by atoms with Gasteiger partial charge < -0.3 is 14.4 Å². The molecular weight excluding hydrogens is 434 g/mol. The minimum Gasteiger partial charge on any atom is -0.489 e. The number of morpholine rings is 1. The lowest BCUT2D eigenvalue weighted by atomic mass is 9.97. The predicted molar refractivity (Wildman–Crippen MR) is 124 cm³/mol. The van der Waals surface area contributed by atoms with Crippen LogP contribution in [-0.2, 0) is 34.0 Å². The third kappa shape index (κ3) is 4.98. The Morgan fingerprint density at radius 3 is 2.53 bits per heavy atom. The topological polar surface area (TPSA) is 88.2 Å². The van der Waals surface area contributed by atoms with Crippen LogP contribution in [0.1, 0.15) is 39.9 Å². The number of carbonyl (C=O) groups is 3. The van der Waals surface area contributed by atoms with E-state index in [4.69, 9.17) is 9.47 Å². The molecule has 0 saturated carbocycles. The van der Waals surface area contributed by atoms with Gasteiger partial charge in [-0.2, -0.15) is 0 Å². The van der Waals surface area contributed by atoms with E-state index in [2.05, 4.69) is 34.5 Å². The number of fused-ring (bicyclic) bond motifs is 1. The van der Waals surface area contributed by atoms with E-state index in [1.807, 2.05) is 12.1 Å². The van der Waals surface area contributed by atoms with Crippen LogP contribution >= 0.6 is 0 Å². The Labute approximate surface area is 198 Å². The summed E-state index contributed by atoms with van der Waals surface area (Å²) in [6.45, 7) is 5.54. The highest BCUT2D eigenvalue weighted by molar-refractivity contribution is 6.01. The number of carbonyl (C=O) groups excluding carboxylic acids is 3. The van der Waals surface area contributed by atoms with Gasteiger partial charge in [-0.3, -0.25) is 24.6 Å². The molecule has 0 bridgehead atoms. The van der Waals surface area contributed by atoms with Crippen molar-refractivity contribution in [2.24, 2.45) is 5.92 Å². The highest BCUT2D eigenvalue weighted by atomic mass is 16.5. The van der Waals surface area contributed by atoms with Crippen LogP contribution < -0.4 is 10.1 Å². The number of nitrogens with one attached hydrogen (secondary N) is 1. The average Bonchev–Trinajstić information content (AvgIpc) is 3.17. The maximum absolute atomic E-state index is 12.9. The first kappa shape index (κ1) is 22.6. The Kier molecular flexibility index (Phi) is 6.60. The van der Waals surface area contributed by atoms with E-state index >= 15 is 0 Å². The van der Waals surface area contributed by atoms with Crippen LogP contribution in [0, 0.1) is 5.92 Å². The highest BCUT2D eigenvalue weighted by Crippen LogP contribution is 2.32. The van der Waals surface area contributed by atoms with E-state index in [-0.39, 0.29) is 23.6 Å². The summed E-state index contributed by atoms with van der Waals surface area (Å²) in [5, 5.41) is 2.37. The van der Waals surface area contributed by atoms with Crippen LogP contribution in [0.5, 0.6) is 5.75 Å². The standard InChI is InChI=1S/C26H29N3O5/c30-24-9-8-20(25(31)27-24)15-29-16-22-21(26(29)32)2-1-3-23(22)34-17-19-6-4-18(5-7-19)14-28-10-12-33-13-11-28/h1-7,20H,8-17H2,(H,27,30,31). The van der Waals surface area contributed by atoms with Crippen molar-refractivity contribution in [2.75, 3.05) is 32.8 Å². The summed E-state index contributed by atoms with van der Waals surface area (Å²) in [5.74, 6) is -0.321. The Hall–Kier alpha value is -3.23. The molecule has 1 unspecified atom stereocenters. The fourth-order valence-electron chi connectivity index (χ4n) is 4.74. The molecule has 178 valence electrons. The molecule has 0 radical (unpaired) electrons. The zero-order valence-corrected chi connectivity index (χ0v) is 19.1. The normalized spacial score (nSPS) is 20.9. The van der Waals surface area contributed by atoms with Gasteiger partial charge in [-0.25, -0.2) is 0 Å². The maximum Gasteiger partial charge on any atom is 0.254 e. The van der Waals surface area contributed by atoms with Gasteiger partial charge in [0.25, 0.3) is 5.91 Å². The monoisotopic (exact) mass is 463 g/mol. The van der Waals surface area contributed by atoms with Crippen LogP contribution in [0.4, 0.5) is 0 Å². The van der Waals surface area contributed by atoms with Gasteiger partial charge in [0.2, 0.25) is 11.8 Å². The van der Waals surface area contributed by atoms with Crippen molar-refractivity contribution in [1.29, 1.82) is 0 Å². The van der Waals surface area contributed by atoms with Gasteiger partial charge in [0.1, 0.15) is 12.4 Å². The molecule has 2 fully saturated rings. The molecule has 1 atom stereocenters. The van der Waals surface area contributed by atoms with E-state index in [1.54, 1.807) is 11.0 Å². The van der Waals surface area contributed by atoms with Crippen molar-refractivity contribution in [3.8, 4) is 5.75 Å². The zero-order chi connectivity index (χ0) is 23.5. The molecule has 3 heterocycles. The number of hydrogen-bond donors (Lipinski definition) is 1. The molecule has 2 saturated heterocycles. The summed E-state index contributed by atoms with van der Waals surface area (Å²) in [6, 6.07) is 13.9. The SMILES string of the molecule is O=C1CCC(CN2Cc3c(OCc4ccc(CN5CCOCC5)cc4)cccc3C2=O)C(=O)N1. The smallest absolute Gasteiger partial charge is 0.254 e. The van der Waals surface area contributed by atoms with Crippen molar-refractivity contribution in [3.05, 3.63) is 64.7 Å². The molecule has 34 heavy (non-hydrogen) atoms. The Balaban J connectivity index is 1.19. The summed E-state index contributed by atoms with van der Waals surface area (Å²) in [7, 11) is 0. The van der Waals surface area contributed by atoms with Crippen molar-refractivity contribution in [3.63, 3.8) is 0 Å². The molecule has 0 spiro atoms. The largest absolute Gasteiger partial charge is 0.489 e. The van der Waals surface area contributed by atoms with Crippen LogP contribution in [0.2, 0.25) is 0 Å². The highest BCUT2D eigenvalue weighted by Gasteiger charge is 2.35. The number of amides is 3. The number of hydrogen-bond acceptors (Lipinski definition) is 6. The van der Waals surface area contributed by atoms with Crippen LogP contribution in [-0.4, -0.2) is 60.4 Å². The van der Waals surface area contributed by atoms with Crippen molar-refractivity contribution >= 4 is 17.7 Å². The summed E-state index contributed by atoms with van der Waals surface area (Å²) in [4.78, 5) is 40.5. The molecular formula is C26H29N3O5. The maximum atomic E-state index is 12.9. The molecule has 2 aromatic carbocycles. The fraction of sp³-hybridized carbons (Fsp3) is 0.423. The van der Waals surface area contributed by atoms with Gasteiger partial charge >= 0.3 is 0 Å². The summed E-state index contributed by atoms with van der Waals surface area (Å²) in [5.41, 5.74) is 3.79. The van der Waals surface area contributed by atoms with E-state index in [9.17, 15) is 14.4 Å². The van der Waals surface area contributed by atoms with Gasteiger partial charge in [-0.1, -0.05) is 30.3 Å². The molecule has 8 heteroatoms. The van der Waals surface area contributed by atoms with E-state index in [0.29, 0.717) is 43.9 Å². The molecule has 0 aliphatic carbocycles. The van der Waals surface area contributed by atoms with Crippen LogP contribution in [0.25, 0.3) is 0 Å². The summed E-state index contributed by atoms with van der Waals surface area (Å²) < 4.78 is 11.5. The van der Waals surface area contributed by atoms with Gasteiger partial charge in [-0.15, -0.1) is 0 Å². The minimum atomic E-state index is -0.365. The number of rotatable bonds is 7. The zero-order valence-electron chi connectivity index (χ0n) is 19.1. The molecule has 3 aliphatic heterocycles. The van der Waals surface area contributed by atoms with Gasteiger partial charge in [0.05, 0.1) is 25.7 Å². The van der Waals surface area contributed by atoms with Crippen LogP contribution in [0.15, 0.2) is 42.5 Å². The van der Waals surface area contributed by atoms with Crippen molar-refractivity contribution in [2.45, 2.75) is 32.5 Å². The number of benzene rings is 2. The third-order valence-corrected chi connectivity index (χ3v) is 6.72. The Morgan fingerprint density at radius 2 is 1.76 bits per heavy atom. The summed E-state index contributed by atoms with van der Waals surface area (Å²) in [6.07, 6.45) is 0.778. The summed E-state index contributed by atoms with van der Waals surface area (Å²) >= 11 is 0. The molecule has 3 aliphatic rings. The van der Waals surface area contributed by atoms with Crippen molar-refractivity contribution < 1.29 is 23.9 Å². The Bertz CT molecular complexity index is 1080. The van der Waals surface area contributed by atoms with Crippen molar-refractivity contribution in [1.82, 2.24) is 15.1 Å². The fourth-order valence-corrected chi connectivity index (χ4v) is 4.74. The molecule has 8 nitrogen and oxygen atoms in total. The second kappa shape index (κ2) is 9.95. The average molecular weight is 464 g/mol. The van der Waals surface area contributed by atoms with Crippen LogP contribution in [0.3, 0.4) is 0 Å². The first-order valence-corrected chi connectivity index (χ1v) is 11.8. The first-order chi connectivity index (χ1) is 16.6. The third-order valence-electron chi connectivity index (χ3n) is 6.72. The second-order valence-electron chi connectivity index (χ2n) is 9.11. The minimum absolute atomic E-state index is 0.0994. The van der Waals surface area contributed by atoms with Gasteiger partial charge in [-0.05, 0) is 29.7 Å². The van der Waals surface area contributed by atoms with E-state index in [0.717, 1.165) is 44.0 Å². The number of piperidine rings is 1. The lowest BCUT2D eigenvalue weighted by Gasteiger charge is -2.26. The lowest BCUT2D eigenvalue weighted by molar-refractivity contribution is -0.136. The first-order valence-electron chi connectivity index (χ1n) is 11.8. The Morgan fingerprint density at radius 1 is 1.00 bits per heavy atom.